The number of hydrogen-bond donors (Lipinski definition) is 2. The highest BCUT2D eigenvalue weighted by molar-refractivity contribution is 6.05. The third-order valence-corrected chi connectivity index (χ3v) is 3.17. The highest BCUT2D eigenvalue weighted by Crippen LogP contribution is 2.27. The summed E-state index contributed by atoms with van der Waals surface area (Å²) in [5.74, 6) is 0.936. The van der Waals surface area contributed by atoms with Gasteiger partial charge in [0.15, 0.2) is 0 Å². The van der Waals surface area contributed by atoms with E-state index in [1.807, 2.05) is 32.0 Å². The Hall–Kier alpha value is -2.69. The van der Waals surface area contributed by atoms with E-state index in [0.717, 1.165) is 5.56 Å². The summed E-state index contributed by atoms with van der Waals surface area (Å²) in [6, 6.07) is 10.6. The number of anilines is 2. The Morgan fingerprint density at radius 3 is 2.55 bits per heavy atom. The van der Waals surface area contributed by atoms with E-state index in [1.54, 1.807) is 18.2 Å². The zero-order valence-corrected chi connectivity index (χ0v) is 13.0. The van der Waals surface area contributed by atoms with Crippen LogP contribution in [0.25, 0.3) is 0 Å². The van der Waals surface area contributed by atoms with Gasteiger partial charge in [0.1, 0.15) is 11.5 Å². The molecule has 0 aliphatic heterocycles. The molecule has 0 aliphatic rings. The van der Waals surface area contributed by atoms with E-state index in [4.69, 9.17) is 15.2 Å². The van der Waals surface area contributed by atoms with Crippen LogP contribution in [-0.2, 0) is 0 Å². The molecule has 0 heterocycles. The topological polar surface area (TPSA) is 73.6 Å². The van der Waals surface area contributed by atoms with E-state index in [0.29, 0.717) is 35.0 Å². The number of benzene rings is 2. The number of amides is 1. The van der Waals surface area contributed by atoms with Crippen molar-refractivity contribution in [3.05, 3.63) is 47.5 Å². The van der Waals surface area contributed by atoms with Crippen molar-refractivity contribution in [2.24, 2.45) is 0 Å². The monoisotopic (exact) mass is 300 g/mol. The predicted molar refractivity (Wildman–Crippen MR) is 87.7 cm³/mol. The SMILES string of the molecule is CCOc1ccc(C)cc1NC(=O)c1ccc(OC)c(N)c1. The van der Waals surface area contributed by atoms with Gasteiger partial charge in [-0.05, 0) is 49.7 Å². The molecule has 0 fully saturated rings. The van der Waals surface area contributed by atoms with Crippen LogP contribution in [0.3, 0.4) is 0 Å². The fraction of sp³-hybridized carbons (Fsp3) is 0.235. The summed E-state index contributed by atoms with van der Waals surface area (Å²) in [6.45, 7) is 4.38. The molecule has 0 spiro atoms. The molecule has 0 unspecified atom stereocenters. The van der Waals surface area contributed by atoms with E-state index < -0.39 is 0 Å². The molecule has 5 nitrogen and oxygen atoms in total. The second kappa shape index (κ2) is 6.85. The summed E-state index contributed by atoms with van der Waals surface area (Å²) in [5, 5.41) is 2.86. The largest absolute Gasteiger partial charge is 0.495 e. The molecule has 0 saturated heterocycles. The number of rotatable bonds is 5. The molecule has 2 aromatic rings. The van der Waals surface area contributed by atoms with Gasteiger partial charge in [0.05, 0.1) is 25.1 Å². The van der Waals surface area contributed by atoms with Crippen LogP contribution in [0.4, 0.5) is 11.4 Å². The van der Waals surface area contributed by atoms with Gasteiger partial charge in [-0.25, -0.2) is 0 Å². The maximum atomic E-state index is 12.4. The van der Waals surface area contributed by atoms with Crippen LogP contribution < -0.4 is 20.5 Å². The van der Waals surface area contributed by atoms with Crippen LogP contribution >= 0.6 is 0 Å². The number of carbonyl (C=O) groups is 1. The Kier molecular flexibility index (Phi) is 4.88. The molecule has 0 aromatic heterocycles. The first-order chi connectivity index (χ1) is 10.5. The Labute approximate surface area is 130 Å². The molecule has 2 aromatic carbocycles. The first-order valence-electron chi connectivity index (χ1n) is 7.03. The summed E-state index contributed by atoms with van der Waals surface area (Å²) >= 11 is 0. The lowest BCUT2D eigenvalue weighted by Crippen LogP contribution is -2.13. The van der Waals surface area contributed by atoms with Gasteiger partial charge in [-0.15, -0.1) is 0 Å². The minimum absolute atomic E-state index is 0.249. The average Bonchev–Trinajstić information content (AvgIpc) is 2.50. The van der Waals surface area contributed by atoms with Crippen LogP contribution in [0.1, 0.15) is 22.8 Å². The summed E-state index contributed by atoms with van der Waals surface area (Å²) in [4.78, 5) is 12.4. The summed E-state index contributed by atoms with van der Waals surface area (Å²) in [7, 11) is 1.53. The molecule has 0 aliphatic carbocycles. The van der Waals surface area contributed by atoms with Crippen LogP contribution in [-0.4, -0.2) is 19.6 Å². The lowest BCUT2D eigenvalue weighted by molar-refractivity contribution is 0.102. The highest BCUT2D eigenvalue weighted by atomic mass is 16.5. The fourth-order valence-corrected chi connectivity index (χ4v) is 2.09. The minimum Gasteiger partial charge on any atom is -0.495 e. The van der Waals surface area contributed by atoms with Crippen molar-refractivity contribution >= 4 is 17.3 Å². The number of nitrogen functional groups attached to an aromatic ring is 1. The molecule has 22 heavy (non-hydrogen) atoms. The van der Waals surface area contributed by atoms with Gasteiger partial charge < -0.3 is 20.5 Å². The molecule has 0 radical (unpaired) electrons. The standard InChI is InChI=1S/C17H20N2O3/c1-4-22-16-7-5-11(2)9-14(16)19-17(20)12-6-8-15(21-3)13(18)10-12/h5-10H,4,18H2,1-3H3,(H,19,20). The Morgan fingerprint density at radius 2 is 1.91 bits per heavy atom. The lowest BCUT2D eigenvalue weighted by Gasteiger charge is -2.13. The Bertz CT molecular complexity index is 684. The average molecular weight is 300 g/mol. The van der Waals surface area contributed by atoms with Gasteiger partial charge in [0, 0.05) is 5.56 Å². The van der Waals surface area contributed by atoms with E-state index in [9.17, 15) is 4.79 Å². The molecule has 3 N–H and O–H groups in total. The molecule has 1 amide bonds. The van der Waals surface area contributed by atoms with Crippen molar-refractivity contribution in [1.82, 2.24) is 0 Å². The van der Waals surface area contributed by atoms with Crippen LogP contribution in [0, 0.1) is 6.92 Å². The van der Waals surface area contributed by atoms with E-state index in [2.05, 4.69) is 5.32 Å². The van der Waals surface area contributed by atoms with Gasteiger partial charge in [-0.1, -0.05) is 6.07 Å². The highest BCUT2D eigenvalue weighted by Gasteiger charge is 2.12. The van der Waals surface area contributed by atoms with Crippen LogP contribution in [0.2, 0.25) is 0 Å². The van der Waals surface area contributed by atoms with Gasteiger partial charge >= 0.3 is 0 Å². The Balaban J connectivity index is 2.25. The van der Waals surface area contributed by atoms with Crippen molar-refractivity contribution in [1.29, 1.82) is 0 Å². The maximum Gasteiger partial charge on any atom is 0.255 e. The number of nitrogens with one attached hydrogen (secondary N) is 1. The summed E-state index contributed by atoms with van der Waals surface area (Å²) < 4.78 is 10.6. The molecule has 2 rings (SSSR count). The van der Waals surface area contributed by atoms with E-state index in [1.165, 1.54) is 7.11 Å². The molecule has 0 bridgehead atoms. The third kappa shape index (κ3) is 3.49. The smallest absolute Gasteiger partial charge is 0.255 e. The molecule has 5 heteroatoms. The first-order valence-corrected chi connectivity index (χ1v) is 7.03. The molecule has 0 atom stereocenters. The van der Waals surface area contributed by atoms with Crippen molar-refractivity contribution in [3.63, 3.8) is 0 Å². The molecule has 0 saturated carbocycles. The van der Waals surface area contributed by atoms with Gasteiger partial charge in [0.25, 0.3) is 5.91 Å². The number of carbonyl (C=O) groups excluding carboxylic acids is 1. The number of aryl methyl sites for hydroxylation is 1. The summed E-state index contributed by atoms with van der Waals surface area (Å²) in [5.41, 5.74) is 8.39. The van der Waals surface area contributed by atoms with Crippen molar-refractivity contribution in [2.75, 3.05) is 24.8 Å². The van der Waals surface area contributed by atoms with Crippen molar-refractivity contribution in [3.8, 4) is 11.5 Å². The normalized spacial score (nSPS) is 10.1. The number of hydrogen-bond acceptors (Lipinski definition) is 4. The van der Waals surface area contributed by atoms with Crippen molar-refractivity contribution < 1.29 is 14.3 Å². The van der Waals surface area contributed by atoms with E-state index >= 15 is 0 Å². The maximum absolute atomic E-state index is 12.4. The fourth-order valence-electron chi connectivity index (χ4n) is 2.09. The van der Waals surface area contributed by atoms with Crippen molar-refractivity contribution in [2.45, 2.75) is 13.8 Å². The Morgan fingerprint density at radius 1 is 1.18 bits per heavy atom. The zero-order chi connectivity index (χ0) is 16.1. The predicted octanol–water partition coefficient (Wildman–Crippen LogP) is 3.24. The number of methoxy groups -OCH3 is 1. The zero-order valence-electron chi connectivity index (χ0n) is 13.0. The van der Waals surface area contributed by atoms with Gasteiger partial charge in [-0.2, -0.15) is 0 Å². The molecule has 116 valence electrons. The first kappa shape index (κ1) is 15.7. The van der Waals surface area contributed by atoms with Gasteiger partial charge in [0.2, 0.25) is 0 Å². The molecular formula is C17H20N2O3. The third-order valence-electron chi connectivity index (χ3n) is 3.17. The van der Waals surface area contributed by atoms with Crippen LogP contribution in [0.15, 0.2) is 36.4 Å². The van der Waals surface area contributed by atoms with E-state index in [-0.39, 0.29) is 5.91 Å². The number of nitrogens with two attached hydrogens (primary N) is 1. The minimum atomic E-state index is -0.249. The summed E-state index contributed by atoms with van der Waals surface area (Å²) in [6.07, 6.45) is 0. The molecular weight excluding hydrogens is 280 g/mol. The number of ether oxygens (including phenoxy) is 2. The quantitative estimate of drug-likeness (QED) is 0.831. The lowest BCUT2D eigenvalue weighted by atomic mass is 10.1. The van der Waals surface area contributed by atoms with Crippen LogP contribution in [0.5, 0.6) is 11.5 Å². The second-order valence-corrected chi connectivity index (χ2v) is 4.84. The second-order valence-electron chi connectivity index (χ2n) is 4.84. The van der Waals surface area contributed by atoms with Gasteiger partial charge in [-0.3, -0.25) is 4.79 Å².